The summed E-state index contributed by atoms with van der Waals surface area (Å²) in [5.41, 5.74) is 3.06. The van der Waals surface area contributed by atoms with Gasteiger partial charge in [-0.25, -0.2) is 0 Å². The van der Waals surface area contributed by atoms with Gasteiger partial charge in [-0.2, -0.15) is 0 Å². The molecular weight excluding hydrogens is 338 g/mol. The molecule has 1 heterocycles. The average molecular weight is 365 g/mol. The molecular formula is C22H27N3O2. The molecule has 1 aliphatic heterocycles. The number of nitrogens with one attached hydrogen (secondary N) is 1. The minimum Gasteiger partial charge on any atom is -0.368 e. The van der Waals surface area contributed by atoms with E-state index in [9.17, 15) is 9.59 Å². The van der Waals surface area contributed by atoms with Gasteiger partial charge in [-0.05, 0) is 42.7 Å². The molecule has 5 nitrogen and oxygen atoms in total. The van der Waals surface area contributed by atoms with Crippen LogP contribution < -0.4 is 10.2 Å². The van der Waals surface area contributed by atoms with Crippen molar-refractivity contribution >= 4 is 23.2 Å². The van der Waals surface area contributed by atoms with Crippen molar-refractivity contribution in [3.05, 3.63) is 60.2 Å². The summed E-state index contributed by atoms with van der Waals surface area (Å²) in [6, 6.07) is 17.9. The molecule has 1 N–H and O–H groups in total. The van der Waals surface area contributed by atoms with Crippen molar-refractivity contribution in [3.8, 4) is 0 Å². The summed E-state index contributed by atoms with van der Waals surface area (Å²) in [6.45, 7) is 4.73. The van der Waals surface area contributed by atoms with Crippen molar-refractivity contribution in [2.24, 2.45) is 0 Å². The number of amides is 2. The molecule has 0 atom stereocenters. The Labute approximate surface area is 161 Å². The molecule has 1 aliphatic rings. The Morgan fingerprint density at radius 1 is 0.926 bits per heavy atom. The van der Waals surface area contributed by atoms with Crippen molar-refractivity contribution in [1.29, 1.82) is 0 Å². The number of hydrogen-bond acceptors (Lipinski definition) is 3. The summed E-state index contributed by atoms with van der Waals surface area (Å²) in [4.78, 5) is 28.6. The molecule has 0 aliphatic carbocycles. The molecule has 1 saturated heterocycles. The van der Waals surface area contributed by atoms with Gasteiger partial charge in [-0.3, -0.25) is 9.59 Å². The third kappa shape index (κ3) is 5.09. The molecule has 2 aromatic carbocycles. The number of anilines is 2. The second-order valence-electron chi connectivity index (χ2n) is 6.87. The zero-order valence-corrected chi connectivity index (χ0v) is 15.9. The Morgan fingerprint density at radius 2 is 1.59 bits per heavy atom. The minimum atomic E-state index is -0.565. The fourth-order valence-electron chi connectivity index (χ4n) is 3.27. The van der Waals surface area contributed by atoms with Crippen LogP contribution in [0.3, 0.4) is 0 Å². The average Bonchev–Trinajstić information content (AvgIpc) is 2.73. The molecule has 142 valence electrons. The second kappa shape index (κ2) is 9.21. The van der Waals surface area contributed by atoms with Gasteiger partial charge >= 0.3 is 11.8 Å². The van der Waals surface area contributed by atoms with E-state index in [1.807, 2.05) is 42.5 Å². The molecule has 2 aromatic rings. The van der Waals surface area contributed by atoms with Crippen molar-refractivity contribution in [1.82, 2.24) is 4.90 Å². The first-order valence-electron chi connectivity index (χ1n) is 9.66. The molecule has 1 fully saturated rings. The van der Waals surface area contributed by atoms with Crippen molar-refractivity contribution in [2.45, 2.75) is 26.2 Å². The molecule has 5 heteroatoms. The number of aryl methyl sites for hydroxylation is 1. The van der Waals surface area contributed by atoms with E-state index in [2.05, 4.69) is 29.3 Å². The van der Waals surface area contributed by atoms with Gasteiger partial charge in [0.25, 0.3) is 0 Å². The SMILES string of the molecule is CCCCc1ccc(NC(=O)C(=O)N2CCN(c3ccccc3)CC2)cc1. The summed E-state index contributed by atoms with van der Waals surface area (Å²) in [7, 11) is 0. The van der Waals surface area contributed by atoms with Crippen molar-refractivity contribution in [2.75, 3.05) is 36.4 Å². The van der Waals surface area contributed by atoms with Gasteiger partial charge in [0.05, 0.1) is 0 Å². The predicted octanol–water partition coefficient (Wildman–Crippen LogP) is 3.32. The lowest BCUT2D eigenvalue weighted by atomic mass is 10.1. The van der Waals surface area contributed by atoms with Crippen molar-refractivity contribution < 1.29 is 9.59 Å². The van der Waals surface area contributed by atoms with E-state index in [0.717, 1.165) is 38.0 Å². The fraction of sp³-hybridized carbons (Fsp3) is 0.364. The molecule has 2 amide bonds. The van der Waals surface area contributed by atoms with E-state index in [4.69, 9.17) is 0 Å². The molecule has 27 heavy (non-hydrogen) atoms. The van der Waals surface area contributed by atoms with Crippen LogP contribution in [0.25, 0.3) is 0 Å². The zero-order chi connectivity index (χ0) is 19.1. The maximum Gasteiger partial charge on any atom is 0.313 e. The Morgan fingerprint density at radius 3 is 2.22 bits per heavy atom. The van der Waals surface area contributed by atoms with Crippen LogP contribution in [0.1, 0.15) is 25.3 Å². The molecule has 0 unspecified atom stereocenters. The number of benzene rings is 2. The first kappa shape index (κ1) is 19.0. The molecule has 0 bridgehead atoms. The smallest absolute Gasteiger partial charge is 0.313 e. The fourth-order valence-corrected chi connectivity index (χ4v) is 3.27. The Hall–Kier alpha value is -2.82. The van der Waals surface area contributed by atoms with E-state index in [1.54, 1.807) is 4.90 Å². The molecule has 0 radical (unpaired) electrons. The van der Waals surface area contributed by atoms with Crippen LogP contribution in [0.2, 0.25) is 0 Å². The monoisotopic (exact) mass is 365 g/mol. The number of carbonyl (C=O) groups excluding carboxylic acids is 2. The van der Waals surface area contributed by atoms with Crippen LogP contribution >= 0.6 is 0 Å². The van der Waals surface area contributed by atoms with Crippen LogP contribution in [-0.4, -0.2) is 42.9 Å². The lowest BCUT2D eigenvalue weighted by molar-refractivity contribution is -0.143. The van der Waals surface area contributed by atoms with Gasteiger partial charge in [-0.15, -0.1) is 0 Å². The maximum atomic E-state index is 12.4. The van der Waals surface area contributed by atoms with E-state index in [1.165, 1.54) is 5.56 Å². The number of hydrogen-bond donors (Lipinski definition) is 1. The highest BCUT2D eigenvalue weighted by Crippen LogP contribution is 2.16. The third-order valence-electron chi connectivity index (χ3n) is 4.91. The highest BCUT2D eigenvalue weighted by Gasteiger charge is 2.26. The van der Waals surface area contributed by atoms with Gasteiger partial charge in [0.1, 0.15) is 0 Å². The third-order valence-corrected chi connectivity index (χ3v) is 4.91. The summed E-state index contributed by atoms with van der Waals surface area (Å²) < 4.78 is 0. The Balaban J connectivity index is 1.50. The first-order chi connectivity index (χ1) is 13.2. The zero-order valence-electron chi connectivity index (χ0n) is 15.9. The highest BCUT2D eigenvalue weighted by atomic mass is 16.2. The molecule has 0 aromatic heterocycles. The largest absolute Gasteiger partial charge is 0.368 e. The van der Waals surface area contributed by atoms with Gasteiger partial charge < -0.3 is 15.1 Å². The predicted molar refractivity (Wildman–Crippen MR) is 109 cm³/mol. The molecule has 0 saturated carbocycles. The topological polar surface area (TPSA) is 52.7 Å². The highest BCUT2D eigenvalue weighted by molar-refractivity contribution is 6.39. The number of unbranched alkanes of at least 4 members (excludes halogenated alkanes) is 1. The second-order valence-corrected chi connectivity index (χ2v) is 6.87. The summed E-state index contributed by atoms with van der Waals surface area (Å²) in [6.07, 6.45) is 3.35. The maximum absolute atomic E-state index is 12.4. The lowest BCUT2D eigenvalue weighted by Crippen LogP contribution is -2.51. The Bertz CT molecular complexity index is 751. The van der Waals surface area contributed by atoms with Crippen LogP contribution in [0, 0.1) is 0 Å². The van der Waals surface area contributed by atoms with E-state index >= 15 is 0 Å². The van der Waals surface area contributed by atoms with Crippen LogP contribution in [0.15, 0.2) is 54.6 Å². The van der Waals surface area contributed by atoms with Gasteiger partial charge in [0, 0.05) is 37.6 Å². The van der Waals surface area contributed by atoms with E-state index in [-0.39, 0.29) is 0 Å². The minimum absolute atomic E-state index is 0.460. The van der Waals surface area contributed by atoms with Gasteiger partial charge in [0.15, 0.2) is 0 Å². The summed E-state index contributed by atoms with van der Waals surface area (Å²) in [5, 5.41) is 2.72. The lowest BCUT2D eigenvalue weighted by Gasteiger charge is -2.35. The standard InChI is InChI=1S/C22H27N3O2/c1-2-3-7-18-10-12-19(13-11-18)23-21(26)22(27)25-16-14-24(15-17-25)20-8-5-4-6-9-20/h4-6,8-13H,2-3,7,14-17H2,1H3,(H,23,26). The van der Waals surface area contributed by atoms with Crippen LogP contribution in [-0.2, 0) is 16.0 Å². The normalized spacial score (nSPS) is 14.1. The Kier molecular flexibility index (Phi) is 6.47. The summed E-state index contributed by atoms with van der Waals surface area (Å²) >= 11 is 0. The quantitative estimate of drug-likeness (QED) is 0.827. The van der Waals surface area contributed by atoms with E-state index in [0.29, 0.717) is 18.8 Å². The van der Waals surface area contributed by atoms with Crippen molar-refractivity contribution in [3.63, 3.8) is 0 Å². The first-order valence-corrected chi connectivity index (χ1v) is 9.66. The van der Waals surface area contributed by atoms with Gasteiger partial charge in [-0.1, -0.05) is 43.7 Å². The number of carbonyl (C=O) groups is 2. The number of piperazine rings is 1. The van der Waals surface area contributed by atoms with Crippen LogP contribution in [0.5, 0.6) is 0 Å². The van der Waals surface area contributed by atoms with Crippen LogP contribution in [0.4, 0.5) is 11.4 Å². The summed E-state index contributed by atoms with van der Waals surface area (Å²) in [5.74, 6) is -1.03. The molecule has 0 spiro atoms. The number of nitrogens with zero attached hydrogens (tertiary/aromatic N) is 2. The van der Waals surface area contributed by atoms with Gasteiger partial charge in [0.2, 0.25) is 0 Å². The number of para-hydroxylation sites is 1. The van der Waals surface area contributed by atoms with E-state index < -0.39 is 11.8 Å². The number of rotatable bonds is 5. The molecule has 3 rings (SSSR count).